The number of ether oxygens (including phenoxy) is 1. The molecule has 1 N–H and O–H groups in total. The second-order valence-corrected chi connectivity index (χ2v) is 4.43. The van der Waals surface area contributed by atoms with Gasteiger partial charge < -0.3 is 14.4 Å². The lowest BCUT2D eigenvalue weighted by molar-refractivity contribution is -0.111. The van der Waals surface area contributed by atoms with Gasteiger partial charge in [-0.05, 0) is 43.0 Å². The average molecular weight is 247 g/mol. The summed E-state index contributed by atoms with van der Waals surface area (Å²) in [6.45, 7) is 3.87. The molecule has 0 amide bonds. The standard InChI is InChI=1S/C14H17NO3/c1-10-7-11(10)8-12(9-16)15-18-14-5-3-13(17-2)4-6-14/h3-6,9,11-12,15H,1,7-8H2,2H3. The molecule has 0 aliphatic heterocycles. The van der Waals surface area contributed by atoms with Crippen molar-refractivity contribution in [3.8, 4) is 11.5 Å². The first kappa shape index (κ1) is 12.6. The van der Waals surface area contributed by atoms with Crippen LogP contribution in [0.4, 0.5) is 0 Å². The van der Waals surface area contributed by atoms with Crippen LogP contribution < -0.4 is 15.1 Å². The first-order valence-corrected chi connectivity index (χ1v) is 5.92. The van der Waals surface area contributed by atoms with Gasteiger partial charge in [-0.1, -0.05) is 12.2 Å². The Morgan fingerprint density at radius 3 is 2.56 bits per heavy atom. The van der Waals surface area contributed by atoms with Crippen LogP contribution in [0.15, 0.2) is 36.4 Å². The predicted octanol–water partition coefficient (Wildman–Crippen LogP) is 2.11. The van der Waals surface area contributed by atoms with E-state index < -0.39 is 0 Å². The Balaban J connectivity index is 1.80. The van der Waals surface area contributed by atoms with Gasteiger partial charge in [-0.3, -0.25) is 0 Å². The first-order valence-electron chi connectivity index (χ1n) is 5.92. The number of hydrogen-bond donors (Lipinski definition) is 1. The van der Waals surface area contributed by atoms with Crippen LogP contribution in [-0.4, -0.2) is 19.4 Å². The molecule has 2 atom stereocenters. The van der Waals surface area contributed by atoms with Crippen LogP contribution in [0.25, 0.3) is 0 Å². The molecule has 0 heterocycles. The molecule has 1 aromatic rings. The minimum absolute atomic E-state index is 0.295. The molecular weight excluding hydrogens is 230 g/mol. The molecule has 96 valence electrons. The molecule has 4 nitrogen and oxygen atoms in total. The molecule has 2 unspecified atom stereocenters. The minimum Gasteiger partial charge on any atom is -0.497 e. The second-order valence-electron chi connectivity index (χ2n) is 4.43. The van der Waals surface area contributed by atoms with Crippen molar-refractivity contribution in [1.82, 2.24) is 5.48 Å². The lowest BCUT2D eigenvalue weighted by atomic mass is 10.1. The zero-order chi connectivity index (χ0) is 13.0. The second kappa shape index (κ2) is 5.69. The SMILES string of the molecule is C=C1CC1CC(C=O)NOc1ccc(OC)cc1. The molecule has 0 saturated heterocycles. The summed E-state index contributed by atoms with van der Waals surface area (Å²) in [7, 11) is 1.61. The normalized spacial score (nSPS) is 19.2. The van der Waals surface area contributed by atoms with Crippen molar-refractivity contribution in [2.75, 3.05) is 7.11 Å². The predicted molar refractivity (Wildman–Crippen MR) is 68.5 cm³/mol. The quantitative estimate of drug-likeness (QED) is 0.455. The molecule has 18 heavy (non-hydrogen) atoms. The highest BCUT2D eigenvalue weighted by Gasteiger charge is 2.30. The number of rotatable bonds is 7. The van der Waals surface area contributed by atoms with Crippen LogP contribution in [0.5, 0.6) is 11.5 Å². The molecule has 4 heteroatoms. The number of methoxy groups -OCH3 is 1. The van der Waals surface area contributed by atoms with Crippen molar-refractivity contribution >= 4 is 6.29 Å². The number of hydroxylamine groups is 1. The molecule has 1 aliphatic carbocycles. The number of hydrogen-bond acceptors (Lipinski definition) is 4. The summed E-state index contributed by atoms with van der Waals surface area (Å²) in [6, 6.07) is 6.87. The zero-order valence-electron chi connectivity index (χ0n) is 10.4. The summed E-state index contributed by atoms with van der Waals surface area (Å²) in [4.78, 5) is 16.3. The summed E-state index contributed by atoms with van der Waals surface area (Å²) in [5, 5.41) is 0. The molecule has 1 aromatic carbocycles. The third-order valence-corrected chi connectivity index (χ3v) is 3.02. The van der Waals surface area contributed by atoms with Gasteiger partial charge in [0.2, 0.25) is 0 Å². The van der Waals surface area contributed by atoms with Crippen LogP contribution in [0, 0.1) is 5.92 Å². The largest absolute Gasteiger partial charge is 0.497 e. The molecule has 0 bridgehead atoms. The van der Waals surface area contributed by atoms with Crippen LogP contribution in [0.1, 0.15) is 12.8 Å². The van der Waals surface area contributed by atoms with E-state index in [1.165, 1.54) is 5.57 Å². The number of carbonyl (C=O) groups excluding carboxylic acids is 1. The highest BCUT2D eigenvalue weighted by molar-refractivity contribution is 5.57. The number of allylic oxidation sites excluding steroid dienone is 1. The molecule has 2 rings (SSSR count). The van der Waals surface area contributed by atoms with E-state index in [0.29, 0.717) is 11.7 Å². The summed E-state index contributed by atoms with van der Waals surface area (Å²) in [6.07, 6.45) is 2.64. The van der Waals surface area contributed by atoms with Gasteiger partial charge in [0, 0.05) is 0 Å². The first-order chi connectivity index (χ1) is 8.72. The van der Waals surface area contributed by atoms with Gasteiger partial charge in [0.1, 0.15) is 17.8 Å². The van der Waals surface area contributed by atoms with Crippen molar-refractivity contribution in [1.29, 1.82) is 0 Å². The van der Waals surface area contributed by atoms with Gasteiger partial charge in [-0.25, -0.2) is 0 Å². The van der Waals surface area contributed by atoms with Crippen molar-refractivity contribution in [2.24, 2.45) is 5.92 Å². The van der Waals surface area contributed by atoms with E-state index in [2.05, 4.69) is 12.1 Å². The summed E-state index contributed by atoms with van der Waals surface area (Å²) >= 11 is 0. The van der Waals surface area contributed by atoms with Gasteiger partial charge >= 0.3 is 0 Å². The fraction of sp³-hybridized carbons (Fsp3) is 0.357. The fourth-order valence-electron chi connectivity index (χ4n) is 1.73. The molecule has 0 radical (unpaired) electrons. The fourth-order valence-corrected chi connectivity index (χ4v) is 1.73. The maximum Gasteiger partial charge on any atom is 0.147 e. The van der Waals surface area contributed by atoms with Crippen LogP contribution in [0.3, 0.4) is 0 Å². The van der Waals surface area contributed by atoms with Crippen molar-refractivity contribution < 1.29 is 14.4 Å². The Morgan fingerprint density at radius 2 is 2.06 bits per heavy atom. The van der Waals surface area contributed by atoms with E-state index in [1.807, 2.05) is 0 Å². The number of nitrogens with one attached hydrogen (secondary N) is 1. The van der Waals surface area contributed by atoms with Gasteiger partial charge in [0.05, 0.1) is 13.2 Å². The summed E-state index contributed by atoms with van der Waals surface area (Å²) < 4.78 is 5.05. The van der Waals surface area contributed by atoms with Gasteiger partial charge in [-0.15, -0.1) is 5.48 Å². The van der Waals surface area contributed by atoms with E-state index >= 15 is 0 Å². The monoisotopic (exact) mass is 247 g/mol. The van der Waals surface area contributed by atoms with E-state index in [-0.39, 0.29) is 6.04 Å². The van der Waals surface area contributed by atoms with Gasteiger partial charge in [0.25, 0.3) is 0 Å². The minimum atomic E-state index is -0.295. The van der Waals surface area contributed by atoms with E-state index in [1.54, 1.807) is 31.4 Å². The molecular formula is C14H17NO3. The molecule has 0 spiro atoms. The van der Waals surface area contributed by atoms with Gasteiger partial charge in [0.15, 0.2) is 0 Å². The molecule has 1 aliphatic rings. The number of aldehydes is 1. The van der Waals surface area contributed by atoms with Crippen molar-refractivity contribution in [2.45, 2.75) is 18.9 Å². The Labute approximate surface area is 107 Å². The highest BCUT2D eigenvalue weighted by Crippen LogP contribution is 2.39. The summed E-state index contributed by atoms with van der Waals surface area (Å²) in [5.41, 5.74) is 3.98. The maximum absolute atomic E-state index is 10.9. The average Bonchev–Trinajstić information content (AvgIpc) is 3.10. The number of benzene rings is 1. The number of carbonyl (C=O) groups is 1. The third kappa shape index (κ3) is 3.34. The van der Waals surface area contributed by atoms with E-state index in [0.717, 1.165) is 24.9 Å². The topological polar surface area (TPSA) is 47.6 Å². The smallest absolute Gasteiger partial charge is 0.147 e. The van der Waals surface area contributed by atoms with Crippen molar-refractivity contribution in [3.05, 3.63) is 36.4 Å². The zero-order valence-corrected chi connectivity index (χ0v) is 10.4. The Morgan fingerprint density at radius 1 is 1.44 bits per heavy atom. The van der Waals surface area contributed by atoms with E-state index in [4.69, 9.17) is 9.57 Å². The van der Waals surface area contributed by atoms with Crippen LogP contribution >= 0.6 is 0 Å². The molecule has 1 saturated carbocycles. The van der Waals surface area contributed by atoms with Crippen LogP contribution in [0.2, 0.25) is 0 Å². The molecule has 0 aromatic heterocycles. The van der Waals surface area contributed by atoms with Gasteiger partial charge in [-0.2, -0.15) is 0 Å². The van der Waals surface area contributed by atoms with Crippen LogP contribution in [-0.2, 0) is 4.79 Å². The third-order valence-electron chi connectivity index (χ3n) is 3.02. The lowest BCUT2D eigenvalue weighted by Crippen LogP contribution is -2.33. The maximum atomic E-state index is 10.9. The Bertz CT molecular complexity index is 427. The Kier molecular flexibility index (Phi) is 3.99. The van der Waals surface area contributed by atoms with Crippen molar-refractivity contribution in [3.63, 3.8) is 0 Å². The molecule has 1 fully saturated rings. The lowest BCUT2D eigenvalue weighted by Gasteiger charge is -2.13. The Hall–Kier alpha value is -1.81. The summed E-state index contributed by atoms with van der Waals surface area (Å²) in [5.74, 6) is 1.88. The van der Waals surface area contributed by atoms with E-state index in [9.17, 15) is 4.79 Å². The highest BCUT2D eigenvalue weighted by atomic mass is 16.6.